The number of piperidine rings is 1. The molecule has 0 aromatic carbocycles. The number of hydrogen-bond acceptors (Lipinski definition) is 3. The van der Waals surface area contributed by atoms with E-state index in [1.807, 2.05) is 13.8 Å². The molecular weight excluding hydrogens is 248 g/mol. The second-order valence-electron chi connectivity index (χ2n) is 6.12. The lowest BCUT2D eigenvalue weighted by molar-refractivity contribution is -0.142. The normalized spacial score (nSPS) is 29.9. The molecular formula is C13H20N2O4. The van der Waals surface area contributed by atoms with Crippen LogP contribution < -0.4 is 5.73 Å². The molecule has 1 saturated carbocycles. The van der Waals surface area contributed by atoms with Crippen molar-refractivity contribution in [3.63, 3.8) is 0 Å². The molecule has 0 radical (unpaired) electrons. The zero-order valence-corrected chi connectivity index (χ0v) is 11.3. The lowest BCUT2D eigenvalue weighted by Gasteiger charge is -2.31. The highest BCUT2D eigenvalue weighted by Gasteiger charge is 2.66. The van der Waals surface area contributed by atoms with Crippen LogP contribution in [-0.2, 0) is 14.4 Å². The van der Waals surface area contributed by atoms with E-state index in [2.05, 4.69) is 0 Å². The van der Waals surface area contributed by atoms with Crippen LogP contribution in [-0.4, -0.2) is 40.9 Å². The molecule has 1 heterocycles. The number of primary amides is 1. The van der Waals surface area contributed by atoms with Crippen molar-refractivity contribution < 1.29 is 19.5 Å². The highest BCUT2D eigenvalue weighted by atomic mass is 16.4. The maximum atomic E-state index is 12.3. The Morgan fingerprint density at radius 1 is 1.16 bits per heavy atom. The molecule has 6 heteroatoms. The first-order chi connectivity index (χ1) is 8.76. The molecule has 2 atom stereocenters. The first kappa shape index (κ1) is 13.8. The molecule has 1 saturated heterocycles. The number of nitrogens with two attached hydrogens (primary N) is 1. The van der Waals surface area contributed by atoms with E-state index in [1.165, 1.54) is 0 Å². The van der Waals surface area contributed by atoms with Crippen LogP contribution in [0.5, 0.6) is 0 Å². The van der Waals surface area contributed by atoms with Crippen molar-refractivity contribution in [3.8, 4) is 0 Å². The summed E-state index contributed by atoms with van der Waals surface area (Å²) in [4.78, 5) is 36.1. The highest BCUT2D eigenvalue weighted by Crippen LogP contribution is 2.59. The molecule has 1 aliphatic heterocycles. The third kappa shape index (κ3) is 2.31. The van der Waals surface area contributed by atoms with Gasteiger partial charge >= 0.3 is 5.97 Å². The molecule has 0 aromatic rings. The van der Waals surface area contributed by atoms with E-state index in [4.69, 9.17) is 10.8 Å². The number of nitrogens with zero attached hydrogens (tertiary/aromatic N) is 1. The van der Waals surface area contributed by atoms with E-state index in [1.54, 1.807) is 4.90 Å². The first-order valence-corrected chi connectivity index (χ1v) is 6.57. The van der Waals surface area contributed by atoms with Gasteiger partial charge in [0, 0.05) is 19.0 Å². The lowest BCUT2D eigenvalue weighted by atomic mass is 9.95. The molecule has 106 valence electrons. The number of carbonyl (C=O) groups excluding carboxylic acids is 2. The SMILES string of the molecule is CC1(C)[C@H](C(=O)O)[C@@H]1C(=O)N1CCC(C(N)=O)CC1. The topological polar surface area (TPSA) is 101 Å². The van der Waals surface area contributed by atoms with Gasteiger partial charge in [-0.15, -0.1) is 0 Å². The number of rotatable bonds is 3. The minimum atomic E-state index is -0.907. The van der Waals surface area contributed by atoms with Gasteiger partial charge in [0.2, 0.25) is 11.8 Å². The molecule has 2 fully saturated rings. The van der Waals surface area contributed by atoms with Crippen molar-refractivity contribution in [1.82, 2.24) is 4.90 Å². The van der Waals surface area contributed by atoms with Gasteiger partial charge in [0.25, 0.3) is 0 Å². The van der Waals surface area contributed by atoms with Gasteiger partial charge in [-0.1, -0.05) is 13.8 Å². The smallest absolute Gasteiger partial charge is 0.307 e. The molecule has 1 aliphatic carbocycles. The quantitative estimate of drug-likeness (QED) is 0.756. The highest BCUT2D eigenvalue weighted by molar-refractivity contribution is 5.91. The van der Waals surface area contributed by atoms with Crippen molar-refractivity contribution >= 4 is 17.8 Å². The molecule has 0 spiro atoms. The number of hydrogen-bond donors (Lipinski definition) is 2. The number of aliphatic carboxylic acids is 1. The van der Waals surface area contributed by atoms with E-state index in [9.17, 15) is 14.4 Å². The number of amides is 2. The summed E-state index contributed by atoms with van der Waals surface area (Å²) in [6.45, 7) is 4.60. The molecule has 6 nitrogen and oxygen atoms in total. The van der Waals surface area contributed by atoms with E-state index in [0.717, 1.165) is 0 Å². The molecule has 2 rings (SSSR count). The summed E-state index contributed by atoms with van der Waals surface area (Å²) < 4.78 is 0. The Morgan fingerprint density at radius 2 is 1.68 bits per heavy atom. The molecule has 2 aliphatic rings. The summed E-state index contributed by atoms with van der Waals surface area (Å²) in [5.41, 5.74) is 4.78. The predicted octanol–water partition coefficient (Wildman–Crippen LogP) is 0.0671. The summed E-state index contributed by atoms with van der Waals surface area (Å²) in [7, 11) is 0. The van der Waals surface area contributed by atoms with Crippen molar-refractivity contribution in [2.75, 3.05) is 13.1 Å². The lowest BCUT2D eigenvalue weighted by Crippen LogP contribution is -2.43. The monoisotopic (exact) mass is 268 g/mol. The second-order valence-corrected chi connectivity index (χ2v) is 6.12. The van der Waals surface area contributed by atoms with Gasteiger partial charge in [0.1, 0.15) is 0 Å². The largest absolute Gasteiger partial charge is 0.481 e. The Balaban J connectivity index is 1.96. The van der Waals surface area contributed by atoms with Gasteiger partial charge in [-0.25, -0.2) is 0 Å². The molecule has 3 N–H and O–H groups in total. The van der Waals surface area contributed by atoms with Crippen molar-refractivity contribution in [2.24, 2.45) is 28.9 Å². The van der Waals surface area contributed by atoms with E-state index >= 15 is 0 Å². The average Bonchev–Trinajstić information content (AvgIpc) is 2.91. The Hall–Kier alpha value is -1.59. The number of likely N-dealkylation sites (tertiary alicyclic amines) is 1. The van der Waals surface area contributed by atoms with Crippen LogP contribution in [0.2, 0.25) is 0 Å². The van der Waals surface area contributed by atoms with E-state index in [-0.39, 0.29) is 17.7 Å². The minimum absolute atomic E-state index is 0.0969. The fourth-order valence-corrected chi connectivity index (χ4v) is 3.14. The van der Waals surface area contributed by atoms with Gasteiger partial charge in [-0.05, 0) is 18.3 Å². The molecule has 2 amide bonds. The summed E-state index contributed by atoms with van der Waals surface area (Å²) in [5, 5.41) is 9.09. The maximum absolute atomic E-state index is 12.3. The zero-order valence-electron chi connectivity index (χ0n) is 11.3. The average molecular weight is 268 g/mol. The third-order valence-corrected chi connectivity index (χ3v) is 4.57. The van der Waals surface area contributed by atoms with Crippen LogP contribution in [0.3, 0.4) is 0 Å². The van der Waals surface area contributed by atoms with Crippen LogP contribution in [0.15, 0.2) is 0 Å². The Morgan fingerprint density at radius 3 is 2.05 bits per heavy atom. The Labute approximate surface area is 111 Å². The molecule has 19 heavy (non-hydrogen) atoms. The predicted molar refractivity (Wildman–Crippen MR) is 66.9 cm³/mol. The van der Waals surface area contributed by atoms with Crippen LogP contribution in [0.25, 0.3) is 0 Å². The zero-order chi connectivity index (χ0) is 14.4. The fourth-order valence-electron chi connectivity index (χ4n) is 3.14. The first-order valence-electron chi connectivity index (χ1n) is 6.57. The fraction of sp³-hybridized carbons (Fsp3) is 0.769. The van der Waals surface area contributed by atoms with Crippen molar-refractivity contribution in [1.29, 1.82) is 0 Å². The van der Waals surface area contributed by atoms with Crippen molar-refractivity contribution in [3.05, 3.63) is 0 Å². The summed E-state index contributed by atoms with van der Waals surface area (Å²) >= 11 is 0. The number of carboxylic acid groups (broad SMARTS) is 1. The van der Waals surface area contributed by atoms with Gasteiger partial charge in [0.15, 0.2) is 0 Å². The van der Waals surface area contributed by atoms with E-state index < -0.39 is 23.2 Å². The second kappa shape index (κ2) is 4.51. The summed E-state index contributed by atoms with van der Waals surface area (Å²) in [6.07, 6.45) is 1.15. The number of carboxylic acids is 1. The van der Waals surface area contributed by atoms with Crippen LogP contribution >= 0.6 is 0 Å². The van der Waals surface area contributed by atoms with Gasteiger partial charge < -0.3 is 15.7 Å². The molecule has 0 unspecified atom stereocenters. The molecule has 0 bridgehead atoms. The van der Waals surface area contributed by atoms with Crippen molar-refractivity contribution in [2.45, 2.75) is 26.7 Å². The van der Waals surface area contributed by atoms with Gasteiger partial charge in [0.05, 0.1) is 11.8 Å². The van der Waals surface area contributed by atoms with Crippen LogP contribution in [0.1, 0.15) is 26.7 Å². The Kier molecular flexibility index (Phi) is 3.28. The van der Waals surface area contributed by atoms with Crippen LogP contribution in [0, 0.1) is 23.2 Å². The van der Waals surface area contributed by atoms with Gasteiger partial charge in [-0.2, -0.15) is 0 Å². The summed E-state index contributed by atoms with van der Waals surface area (Å²) in [5.74, 6) is -2.51. The van der Waals surface area contributed by atoms with E-state index in [0.29, 0.717) is 25.9 Å². The van der Waals surface area contributed by atoms with Gasteiger partial charge in [-0.3, -0.25) is 14.4 Å². The third-order valence-electron chi connectivity index (χ3n) is 4.57. The molecule has 0 aromatic heterocycles. The minimum Gasteiger partial charge on any atom is -0.481 e. The number of carbonyl (C=O) groups is 3. The maximum Gasteiger partial charge on any atom is 0.307 e. The Bertz CT molecular complexity index is 424. The van der Waals surface area contributed by atoms with Crippen LogP contribution in [0.4, 0.5) is 0 Å². The standard InChI is InChI=1S/C13H20N2O4/c1-13(2)8(9(13)12(18)19)11(17)15-5-3-7(4-6-15)10(14)16/h7-9H,3-6H2,1-2H3,(H2,14,16)(H,18,19)/t8-,9+/m1/s1. The summed E-state index contributed by atoms with van der Waals surface area (Å²) in [6, 6.07) is 0.